The van der Waals surface area contributed by atoms with Crippen molar-refractivity contribution in [2.75, 3.05) is 18.5 Å². The predicted octanol–water partition coefficient (Wildman–Crippen LogP) is 2.90. The number of anilines is 1. The van der Waals surface area contributed by atoms with E-state index in [2.05, 4.69) is 15.3 Å². The van der Waals surface area contributed by atoms with E-state index in [0.29, 0.717) is 12.4 Å². The molecule has 1 heterocycles. The lowest BCUT2D eigenvalue weighted by atomic mass is 10.3. The summed E-state index contributed by atoms with van der Waals surface area (Å²) in [6.07, 6.45) is 2.92. The van der Waals surface area contributed by atoms with Crippen molar-refractivity contribution in [2.24, 2.45) is 0 Å². The third kappa shape index (κ3) is 4.03. The van der Waals surface area contributed by atoms with Crippen LogP contribution in [0.15, 0.2) is 30.6 Å². The third-order valence-electron chi connectivity index (χ3n) is 2.16. The molecule has 1 aromatic carbocycles. The second kappa shape index (κ2) is 6.29. The summed E-state index contributed by atoms with van der Waals surface area (Å²) in [6, 6.07) is 3.14. The molecule has 0 aliphatic heterocycles. The lowest BCUT2D eigenvalue weighted by molar-refractivity contribution is 0.314. The Balaban J connectivity index is 1.81. The number of aromatic nitrogens is 2. The van der Waals surface area contributed by atoms with Gasteiger partial charge in [-0.3, -0.25) is 4.98 Å². The van der Waals surface area contributed by atoms with Gasteiger partial charge in [-0.05, 0) is 12.1 Å². The van der Waals surface area contributed by atoms with E-state index in [-0.39, 0.29) is 17.5 Å². The molecule has 0 amide bonds. The Morgan fingerprint density at radius 2 is 2.11 bits per heavy atom. The molecular weight excluding hydrogens is 276 g/mol. The first-order valence-corrected chi connectivity index (χ1v) is 5.82. The molecule has 100 valence electrons. The number of ether oxygens (including phenoxy) is 1. The standard InChI is InChI=1S/C12H10ClF2N3O/c13-11-6-16-7-12(18-11)17-3-4-19-10-2-1-8(14)5-9(10)15/h1-2,5-7H,3-4H2,(H,17,18). The molecule has 1 aromatic heterocycles. The summed E-state index contributed by atoms with van der Waals surface area (Å²) in [4.78, 5) is 7.80. The van der Waals surface area contributed by atoms with E-state index >= 15 is 0 Å². The van der Waals surface area contributed by atoms with Gasteiger partial charge in [0.15, 0.2) is 11.6 Å². The molecule has 0 radical (unpaired) electrons. The number of nitrogens with zero attached hydrogens (tertiary/aromatic N) is 2. The second-order valence-electron chi connectivity index (χ2n) is 3.58. The molecule has 0 saturated heterocycles. The maximum Gasteiger partial charge on any atom is 0.167 e. The zero-order valence-corrected chi connectivity index (χ0v) is 10.5. The van der Waals surface area contributed by atoms with Crippen LogP contribution in [0.1, 0.15) is 0 Å². The Morgan fingerprint density at radius 1 is 1.26 bits per heavy atom. The minimum atomic E-state index is -0.734. The van der Waals surface area contributed by atoms with Crippen molar-refractivity contribution in [1.82, 2.24) is 9.97 Å². The van der Waals surface area contributed by atoms with Gasteiger partial charge in [0.2, 0.25) is 0 Å². The van der Waals surface area contributed by atoms with E-state index in [4.69, 9.17) is 16.3 Å². The average Bonchev–Trinajstić information content (AvgIpc) is 2.37. The van der Waals surface area contributed by atoms with Gasteiger partial charge in [0.1, 0.15) is 23.4 Å². The molecule has 0 atom stereocenters. The minimum absolute atomic E-state index is 0.000350. The molecule has 4 nitrogen and oxygen atoms in total. The Kier molecular flexibility index (Phi) is 4.46. The fourth-order valence-electron chi connectivity index (χ4n) is 1.36. The molecule has 0 bridgehead atoms. The largest absolute Gasteiger partial charge is 0.489 e. The van der Waals surface area contributed by atoms with Crippen LogP contribution in [0.3, 0.4) is 0 Å². The third-order valence-corrected chi connectivity index (χ3v) is 2.35. The molecule has 2 rings (SSSR count). The van der Waals surface area contributed by atoms with Gasteiger partial charge < -0.3 is 10.1 Å². The number of halogens is 3. The fourth-order valence-corrected chi connectivity index (χ4v) is 1.51. The number of hydrogen-bond donors (Lipinski definition) is 1. The van der Waals surface area contributed by atoms with Crippen LogP contribution >= 0.6 is 11.6 Å². The summed E-state index contributed by atoms with van der Waals surface area (Å²) in [6.45, 7) is 0.572. The summed E-state index contributed by atoms with van der Waals surface area (Å²) in [7, 11) is 0. The number of rotatable bonds is 5. The van der Waals surface area contributed by atoms with Crippen molar-refractivity contribution in [2.45, 2.75) is 0 Å². The molecule has 0 aliphatic rings. The zero-order valence-electron chi connectivity index (χ0n) is 9.74. The maximum atomic E-state index is 13.2. The van der Waals surface area contributed by atoms with E-state index in [1.54, 1.807) is 0 Å². The Morgan fingerprint density at radius 3 is 2.84 bits per heavy atom. The van der Waals surface area contributed by atoms with Crippen molar-refractivity contribution in [3.05, 3.63) is 47.4 Å². The smallest absolute Gasteiger partial charge is 0.167 e. The summed E-state index contributed by atoms with van der Waals surface area (Å²) in [5.41, 5.74) is 0. The van der Waals surface area contributed by atoms with Crippen LogP contribution in [-0.4, -0.2) is 23.1 Å². The van der Waals surface area contributed by atoms with Gasteiger partial charge >= 0.3 is 0 Å². The van der Waals surface area contributed by atoms with Crippen LogP contribution in [0.25, 0.3) is 0 Å². The molecule has 0 fully saturated rings. The highest BCUT2D eigenvalue weighted by Gasteiger charge is 2.04. The van der Waals surface area contributed by atoms with E-state index in [9.17, 15) is 8.78 Å². The second-order valence-corrected chi connectivity index (χ2v) is 3.96. The summed E-state index contributed by atoms with van der Waals surface area (Å²) < 4.78 is 31.0. The highest BCUT2D eigenvalue weighted by molar-refractivity contribution is 6.29. The average molecular weight is 286 g/mol. The summed E-state index contributed by atoms with van der Waals surface area (Å²) >= 11 is 5.66. The molecule has 19 heavy (non-hydrogen) atoms. The first kappa shape index (κ1) is 13.5. The van der Waals surface area contributed by atoms with Crippen LogP contribution in [0.5, 0.6) is 5.75 Å². The quantitative estimate of drug-likeness (QED) is 0.858. The van der Waals surface area contributed by atoms with Gasteiger partial charge in [-0.1, -0.05) is 11.6 Å². The van der Waals surface area contributed by atoms with Crippen molar-refractivity contribution < 1.29 is 13.5 Å². The van der Waals surface area contributed by atoms with Gasteiger partial charge in [-0.2, -0.15) is 0 Å². The maximum absolute atomic E-state index is 13.2. The van der Waals surface area contributed by atoms with Crippen LogP contribution in [0.4, 0.5) is 14.6 Å². The molecular formula is C12H10ClF2N3O. The van der Waals surface area contributed by atoms with Crippen molar-refractivity contribution >= 4 is 17.4 Å². The van der Waals surface area contributed by atoms with Gasteiger partial charge in [-0.15, -0.1) is 0 Å². The number of benzene rings is 1. The fraction of sp³-hybridized carbons (Fsp3) is 0.167. The predicted molar refractivity (Wildman–Crippen MR) is 67.4 cm³/mol. The van der Waals surface area contributed by atoms with Gasteiger partial charge in [-0.25, -0.2) is 13.8 Å². The minimum Gasteiger partial charge on any atom is -0.489 e. The molecule has 0 saturated carbocycles. The highest BCUT2D eigenvalue weighted by Crippen LogP contribution is 2.17. The molecule has 1 N–H and O–H groups in total. The number of hydrogen-bond acceptors (Lipinski definition) is 4. The van der Waals surface area contributed by atoms with Crippen LogP contribution < -0.4 is 10.1 Å². The van der Waals surface area contributed by atoms with E-state index in [1.807, 2.05) is 0 Å². The topological polar surface area (TPSA) is 47.0 Å². The molecule has 0 unspecified atom stereocenters. The molecule has 2 aromatic rings. The van der Waals surface area contributed by atoms with E-state index < -0.39 is 11.6 Å². The SMILES string of the molecule is Fc1ccc(OCCNc2cncc(Cl)n2)c(F)c1. The monoisotopic (exact) mass is 285 g/mol. The summed E-state index contributed by atoms with van der Waals surface area (Å²) in [5, 5.41) is 3.18. The lowest BCUT2D eigenvalue weighted by Crippen LogP contribution is -2.13. The Bertz CT molecular complexity index is 568. The molecule has 7 heteroatoms. The van der Waals surface area contributed by atoms with Gasteiger partial charge in [0, 0.05) is 6.07 Å². The van der Waals surface area contributed by atoms with Crippen molar-refractivity contribution in [3.63, 3.8) is 0 Å². The first-order valence-electron chi connectivity index (χ1n) is 5.44. The normalized spacial score (nSPS) is 10.3. The molecule has 0 spiro atoms. The van der Waals surface area contributed by atoms with Crippen molar-refractivity contribution in [1.29, 1.82) is 0 Å². The van der Waals surface area contributed by atoms with E-state index in [1.165, 1.54) is 18.5 Å². The molecule has 0 aliphatic carbocycles. The zero-order chi connectivity index (χ0) is 13.7. The first-order chi connectivity index (χ1) is 9.15. The number of nitrogens with one attached hydrogen (secondary N) is 1. The van der Waals surface area contributed by atoms with Crippen LogP contribution in [0, 0.1) is 11.6 Å². The Labute approximate surface area is 113 Å². The summed E-state index contributed by atoms with van der Waals surface area (Å²) in [5.74, 6) is -0.879. The van der Waals surface area contributed by atoms with Crippen LogP contribution in [-0.2, 0) is 0 Å². The van der Waals surface area contributed by atoms with E-state index in [0.717, 1.165) is 12.1 Å². The van der Waals surface area contributed by atoms with Crippen LogP contribution in [0.2, 0.25) is 5.15 Å². The van der Waals surface area contributed by atoms with Gasteiger partial charge in [0.05, 0.1) is 18.9 Å². The lowest BCUT2D eigenvalue weighted by Gasteiger charge is -2.08. The van der Waals surface area contributed by atoms with Gasteiger partial charge in [0.25, 0.3) is 0 Å². The van der Waals surface area contributed by atoms with Crippen molar-refractivity contribution in [3.8, 4) is 5.75 Å². The highest BCUT2D eigenvalue weighted by atomic mass is 35.5. The Hall–Kier alpha value is -1.95.